The van der Waals surface area contributed by atoms with Crippen molar-refractivity contribution in [1.82, 2.24) is 5.32 Å². The second-order valence-corrected chi connectivity index (χ2v) is 4.05. The van der Waals surface area contributed by atoms with Gasteiger partial charge in [-0.3, -0.25) is 14.9 Å². The Balaban J connectivity index is 2.63. The second kappa shape index (κ2) is 7.27. The molecule has 19 heavy (non-hydrogen) atoms. The quantitative estimate of drug-likeness (QED) is 0.482. The van der Waals surface area contributed by atoms with E-state index in [9.17, 15) is 14.9 Å². The van der Waals surface area contributed by atoms with Crippen LogP contribution in [0.15, 0.2) is 30.3 Å². The summed E-state index contributed by atoms with van der Waals surface area (Å²) in [7, 11) is 1.56. The van der Waals surface area contributed by atoms with Gasteiger partial charge >= 0.3 is 0 Å². The fourth-order valence-corrected chi connectivity index (χ4v) is 1.50. The molecule has 1 atom stereocenters. The normalized spacial score (nSPS) is 12.3. The highest BCUT2D eigenvalue weighted by atomic mass is 16.6. The number of methoxy groups -OCH3 is 1. The molecule has 102 valence electrons. The van der Waals surface area contributed by atoms with Crippen LogP contribution >= 0.6 is 0 Å². The van der Waals surface area contributed by atoms with Crippen LogP contribution in [0, 0.1) is 10.1 Å². The average molecular weight is 264 g/mol. The predicted octanol–water partition coefficient (Wildman–Crippen LogP) is 1.76. The van der Waals surface area contributed by atoms with Crippen LogP contribution in [0.5, 0.6) is 0 Å². The summed E-state index contributed by atoms with van der Waals surface area (Å²) in [6, 6.07) is 5.98. The molecule has 0 fully saturated rings. The molecule has 1 aromatic carbocycles. The first-order chi connectivity index (χ1) is 9.02. The van der Waals surface area contributed by atoms with Gasteiger partial charge in [-0.2, -0.15) is 0 Å². The van der Waals surface area contributed by atoms with Gasteiger partial charge in [-0.25, -0.2) is 0 Å². The minimum atomic E-state index is -0.474. The Morgan fingerprint density at radius 2 is 2.32 bits per heavy atom. The van der Waals surface area contributed by atoms with Gasteiger partial charge in [0.05, 0.1) is 11.5 Å². The van der Waals surface area contributed by atoms with Gasteiger partial charge in [-0.15, -0.1) is 0 Å². The van der Waals surface area contributed by atoms with Crippen LogP contribution < -0.4 is 5.32 Å². The van der Waals surface area contributed by atoms with Crippen LogP contribution in [-0.2, 0) is 9.53 Å². The van der Waals surface area contributed by atoms with Crippen molar-refractivity contribution in [3.63, 3.8) is 0 Å². The van der Waals surface area contributed by atoms with Gasteiger partial charge in [0.1, 0.15) is 0 Å². The Kier molecular flexibility index (Phi) is 5.69. The second-order valence-electron chi connectivity index (χ2n) is 4.05. The number of carbonyl (C=O) groups excluding carboxylic acids is 1. The summed E-state index contributed by atoms with van der Waals surface area (Å²) in [5.74, 6) is -0.268. The van der Waals surface area contributed by atoms with E-state index in [0.717, 1.165) is 0 Å². The van der Waals surface area contributed by atoms with Gasteiger partial charge in [0.25, 0.3) is 5.69 Å². The molecule has 0 saturated heterocycles. The SMILES string of the molecule is COC[C@H](C)NC(=O)/C=C/c1cccc([N+](=O)[O-])c1. The number of benzene rings is 1. The van der Waals surface area contributed by atoms with Gasteiger partial charge < -0.3 is 10.1 Å². The van der Waals surface area contributed by atoms with Crippen LogP contribution in [0.25, 0.3) is 6.08 Å². The maximum absolute atomic E-state index is 11.5. The van der Waals surface area contributed by atoms with E-state index in [1.54, 1.807) is 19.2 Å². The highest BCUT2D eigenvalue weighted by Crippen LogP contribution is 2.13. The molecule has 0 radical (unpaired) electrons. The lowest BCUT2D eigenvalue weighted by Gasteiger charge is -2.10. The number of nitrogens with zero attached hydrogens (tertiary/aromatic N) is 1. The zero-order valence-corrected chi connectivity index (χ0v) is 10.8. The third kappa shape index (κ3) is 5.31. The highest BCUT2D eigenvalue weighted by Gasteiger charge is 2.05. The minimum Gasteiger partial charge on any atom is -0.383 e. The molecule has 1 rings (SSSR count). The Labute approximate surface area is 111 Å². The highest BCUT2D eigenvalue weighted by molar-refractivity contribution is 5.91. The Morgan fingerprint density at radius 3 is 2.95 bits per heavy atom. The minimum absolute atomic E-state index is 0.00434. The van der Waals surface area contributed by atoms with E-state index in [2.05, 4.69) is 5.32 Å². The lowest BCUT2D eigenvalue weighted by molar-refractivity contribution is -0.384. The van der Waals surface area contributed by atoms with E-state index in [0.29, 0.717) is 12.2 Å². The third-order valence-corrected chi connectivity index (χ3v) is 2.31. The molecule has 0 unspecified atom stereocenters. The molecule has 0 saturated carbocycles. The lowest BCUT2D eigenvalue weighted by Crippen LogP contribution is -2.34. The molecular weight excluding hydrogens is 248 g/mol. The van der Waals surface area contributed by atoms with Gasteiger partial charge in [0.15, 0.2) is 0 Å². The Bertz CT molecular complexity index is 485. The zero-order chi connectivity index (χ0) is 14.3. The largest absolute Gasteiger partial charge is 0.383 e. The van der Waals surface area contributed by atoms with Crippen molar-refractivity contribution in [3.8, 4) is 0 Å². The van der Waals surface area contributed by atoms with Gasteiger partial charge in [-0.05, 0) is 18.6 Å². The smallest absolute Gasteiger partial charge is 0.270 e. The van der Waals surface area contributed by atoms with Gasteiger partial charge in [0, 0.05) is 31.4 Å². The summed E-state index contributed by atoms with van der Waals surface area (Å²) < 4.78 is 4.90. The van der Waals surface area contributed by atoms with Crippen molar-refractivity contribution < 1.29 is 14.5 Å². The molecule has 1 amide bonds. The van der Waals surface area contributed by atoms with Crippen LogP contribution in [0.1, 0.15) is 12.5 Å². The number of hydrogen-bond donors (Lipinski definition) is 1. The van der Waals surface area contributed by atoms with E-state index in [1.807, 2.05) is 6.92 Å². The van der Waals surface area contributed by atoms with E-state index < -0.39 is 4.92 Å². The average Bonchev–Trinajstić information content (AvgIpc) is 2.37. The Morgan fingerprint density at radius 1 is 1.58 bits per heavy atom. The molecule has 6 nitrogen and oxygen atoms in total. The number of nitro groups is 1. The topological polar surface area (TPSA) is 81.5 Å². The number of amides is 1. The van der Waals surface area contributed by atoms with Crippen molar-refractivity contribution in [3.05, 3.63) is 46.0 Å². The van der Waals surface area contributed by atoms with E-state index in [1.165, 1.54) is 24.3 Å². The molecule has 0 bridgehead atoms. The summed E-state index contributed by atoms with van der Waals surface area (Å²) >= 11 is 0. The van der Waals surface area contributed by atoms with E-state index >= 15 is 0 Å². The molecule has 1 aromatic rings. The first-order valence-electron chi connectivity index (χ1n) is 5.75. The number of ether oxygens (including phenoxy) is 1. The number of nitrogens with one attached hydrogen (secondary N) is 1. The number of rotatable bonds is 6. The number of non-ortho nitro benzene ring substituents is 1. The van der Waals surface area contributed by atoms with Crippen LogP contribution in [-0.4, -0.2) is 30.6 Å². The van der Waals surface area contributed by atoms with Gasteiger partial charge in [0.2, 0.25) is 5.91 Å². The van der Waals surface area contributed by atoms with Crippen LogP contribution in [0.2, 0.25) is 0 Å². The molecule has 0 aliphatic rings. The van der Waals surface area contributed by atoms with Crippen molar-refractivity contribution in [2.24, 2.45) is 0 Å². The maximum atomic E-state index is 11.5. The molecule has 0 aliphatic carbocycles. The standard InChI is InChI=1S/C13H16N2O4/c1-10(9-19-2)14-13(16)7-6-11-4-3-5-12(8-11)15(17)18/h3-8,10H,9H2,1-2H3,(H,14,16)/b7-6+/t10-/m0/s1. The number of carbonyl (C=O) groups is 1. The number of nitro benzene ring substituents is 1. The molecule has 0 spiro atoms. The molecule has 6 heteroatoms. The summed E-state index contributed by atoms with van der Waals surface area (Å²) in [6.07, 6.45) is 2.87. The van der Waals surface area contributed by atoms with Gasteiger partial charge in [-0.1, -0.05) is 12.1 Å². The summed E-state index contributed by atoms with van der Waals surface area (Å²) in [4.78, 5) is 21.7. The lowest BCUT2D eigenvalue weighted by atomic mass is 10.2. The van der Waals surface area contributed by atoms with Crippen molar-refractivity contribution >= 4 is 17.7 Å². The monoisotopic (exact) mass is 264 g/mol. The first kappa shape index (κ1) is 14.8. The predicted molar refractivity (Wildman–Crippen MR) is 71.6 cm³/mol. The van der Waals surface area contributed by atoms with E-state index in [4.69, 9.17) is 4.74 Å². The fraction of sp³-hybridized carbons (Fsp3) is 0.308. The van der Waals surface area contributed by atoms with Crippen LogP contribution in [0.3, 0.4) is 0 Å². The third-order valence-electron chi connectivity index (χ3n) is 2.31. The zero-order valence-electron chi connectivity index (χ0n) is 10.8. The fourth-order valence-electron chi connectivity index (χ4n) is 1.50. The Hall–Kier alpha value is -2.21. The molecule has 1 N–H and O–H groups in total. The molecule has 0 aromatic heterocycles. The van der Waals surface area contributed by atoms with Crippen molar-refractivity contribution in [2.45, 2.75) is 13.0 Å². The van der Waals surface area contributed by atoms with Crippen molar-refractivity contribution in [2.75, 3.05) is 13.7 Å². The van der Waals surface area contributed by atoms with Crippen LogP contribution in [0.4, 0.5) is 5.69 Å². The first-order valence-corrected chi connectivity index (χ1v) is 5.75. The summed E-state index contributed by atoms with van der Waals surface area (Å²) in [5.41, 5.74) is 0.596. The van der Waals surface area contributed by atoms with E-state index in [-0.39, 0.29) is 17.6 Å². The maximum Gasteiger partial charge on any atom is 0.270 e. The van der Waals surface area contributed by atoms with Crippen molar-refractivity contribution in [1.29, 1.82) is 0 Å². The summed E-state index contributed by atoms with van der Waals surface area (Å²) in [6.45, 7) is 2.25. The molecular formula is C13H16N2O4. The summed E-state index contributed by atoms with van der Waals surface area (Å²) in [5, 5.41) is 13.3. The molecule has 0 aliphatic heterocycles. The molecule has 0 heterocycles. The number of hydrogen-bond acceptors (Lipinski definition) is 4.